The van der Waals surface area contributed by atoms with Gasteiger partial charge in [0.1, 0.15) is 12.1 Å². The lowest BCUT2D eigenvalue weighted by Gasteiger charge is -2.07. The fourth-order valence-corrected chi connectivity index (χ4v) is 2.01. The number of rotatable bonds is 7. The minimum Gasteiger partial charge on any atom is -0.480 e. The van der Waals surface area contributed by atoms with Crippen molar-refractivity contribution in [3.05, 3.63) is 34.9 Å². The van der Waals surface area contributed by atoms with E-state index in [0.717, 1.165) is 5.56 Å². The summed E-state index contributed by atoms with van der Waals surface area (Å²) in [7, 11) is 0. The summed E-state index contributed by atoms with van der Waals surface area (Å²) < 4.78 is 0. The third-order valence-corrected chi connectivity index (χ3v) is 3.68. The van der Waals surface area contributed by atoms with E-state index >= 15 is 0 Å². The Balaban J connectivity index is 0.000000506. The Morgan fingerprint density at radius 3 is 1.92 bits per heavy atom. The van der Waals surface area contributed by atoms with E-state index in [4.69, 9.17) is 21.7 Å². The number of hydrogen-bond donors (Lipinski definition) is 4. The van der Waals surface area contributed by atoms with Gasteiger partial charge in [-0.15, -0.1) is 0 Å². The van der Waals surface area contributed by atoms with Crippen molar-refractivity contribution in [1.82, 2.24) is 0 Å². The zero-order chi connectivity index (χ0) is 18.9. The van der Waals surface area contributed by atoms with Crippen LogP contribution in [0.5, 0.6) is 0 Å². The molecule has 0 saturated heterocycles. The summed E-state index contributed by atoms with van der Waals surface area (Å²) >= 11 is 0. The van der Waals surface area contributed by atoms with Crippen molar-refractivity contribution in [2.24, 2.45) is 17.4 Å². The molecule has 0 radical (unpaired) electrons. The number of hydrogen-bond acceptors (Lipinski definition) is 4. The minimum atomic E-state index is -0.932. The monoisotopic (exact) mass is 338 g/mol. The number of aryl methyl sites for hydroxylation is 3. The molecule has 0 aliphatic carbocycles. The molecule has 1 aromatic rings. The summed E-state index contributed by atoms with van der Waals surface area (Å²) in [6, 6.07) is 4.72. The Bertz CT molecular complexity index is 544. The highest BCUT2D eigenvalue weighted by Crippen LogP contribution is 2.12. The van der Waals surface area contributed by atoms with E-state index in [1.807, 2.05) is 19.9 Å². The second-order valence-electron chi connectivity index (χ2n) is 6.48. The predicted molar refractivity (Wildman–Crippen MR) is 94.9 cm³/mol. The number of carboxylic acid groups (broad SMARTS) is 2. The Kier molecular flexibility index (Phi) is 9.92. The van der Waals surface area contributed by atoms with Gasteiger partial charge in [-0.25, -0.2) is 0 Å². The Hall–Kier alpha value is -1.92. The molecular formula is C18H30N2O4. The molecule has 6 N–H and O–H groups in total. The third kappa shape index (κ3) is 9.27. The molecule has 1 unspecified atom stereocenters. The largest absolute Gasteiger partial charge is 0.480 e. The van der Waals surface area contributed by atoms with Crippen LogP contribution in [-0.2, 0) is 16.0 Å². The van der Waals surface area contributed by atoms with Gasteiger partial charge < -0.3 is 21.7 Å². The highest BCUT2D eigenvalue weighted by Gasteiger charge is 2.12. The lowest BCUT2D eigenvalue weighted by Crippen LogP contribution is -2.31. The highest BCUT2D eigenvalue weighted by atomic mass is 16.4. The third-order valence-electron chi connectivity index (χ3n) is 3.68. The number of aliphatic carboxylic acids is 2. The van der Waals surface area contributed by atoms with Crippen molar-refractivity contribution in [1.29, 1.82) is 0 Å². The SMILES string of the molecule is CC(C)C[C@H](N)C(=O)O.Cc1ccc(CCC(N)C(=O)O)cc1C. The van der Waals surface area contributed by atoms with Gasteiger partial charge in [0.25, 0.3) is 0 Å². The van der Waals surface area contributed by atoms with E-state index in [0.29, 0.717) is 25.2 Å². The van der Waals surface area contributed by atoms with Crippen LogP contribution in [0.15, 0.2) is 18.2 Å². The van der Waals surface area contributed by atoms with Crippen LogP contribution in [0.4, 0.5) is 0 Å². The molecule has 0 aromatic heterocycles. The molecule has 1 aromatic carbocycles. The minimum absolute atomic E-state index is 0.357. The van der Waals surface area contributed by atoms with Gasteiger partial charge in [-0.1, -0.05) is 32.0 Å². The Labute approximate surface area is 143 Å². The molecular weight excluding hydrogens is 308 g/mol. The first kappa shape index (κ1) is 22.1. The van der Waals surface area contributed by atoms with Gasteiger partial charge in [-0.05, 0) is 55.7 Å². The van der Waals surface area contributed by atoms with Gasteiger partial charge in [0, 0.05) is 0 Å². The maximum atomic E-state index is 10.5. The first-order chi connectivity index (χ1) is 11.0. The number of nitrogens with two attached hydrogens (primary N) is 2. The molecule has 0 aliphatic rings. The van der Waals surface area contributed by atoms with Gasteiger partial charge >= 0.3 is 11.9 Å². The fourth-order valence-electron chi connectivity index (χ4n) is 2.01. The van der Waals surface area contributed by atoms with E-state index in [-0.39, 0.29) is 0 Å². The number of benzene rings is 1. The summed E-state index contributed by atoms with van der Waals surface area (Å²) in [5.74, 6) is -1.49. The van der Waals surface area contributed by atoms with Crippen molar-refractivity contribution in [2.45, 2.75) is 59.0 Å². The van der Waals surface area contributed by atoms with Crippen molar-refractivity contribution < 1.29 is 19.8 Å². The van der Waals surface area contributed by atoms with Crippen LogP contribution in [0, 0.1) is 19.8 Å². The standard InChI is InChI=1S/C12H17NO2.C6H13NO2/c1-8-3-4-10(7-9(8)2)5-6-11(13)12(14)15;1-4(2)3-5(7)6(8)9/h3-4,7,11H,5-6,13H2,1-2H3,(H,14,15);4-5H,3,7H2,1-2H3,(H,8,9)/t;5-/m.0/s1. The van der Waals surface area contributed by atoms with Gasteiger partial charge in [-0.2, -0.15) is 0 Å². The first-order valence-corrected chi connectivity index (χ1v) is 8.07. The second-order valence-corrected chi connectivity index (χ2v) is 6.48. The molecule has 6 nitrogen and oxygen atoms in total. The molecule has 0 spiro atoms. The van der Waals surface area contributed by atoms with Crippen molar-refractivity contribution in [3.8, 4) is 0 Å². The van der Waals surface area contributed by atoms with Gasteiger partial charge in [0.2, 0.25) is 0 Å². The summed E-state index contributed by atoms with van der Waals surface area (Å²) in [4.78, 5) is 20.6. The molecule has 24 heavy (non-hydrogen) atoms. The zero-order valence-electron chi connectivity index (χ0n) is 15.0. The lowest BCUT2D eigenvalue weighted by atomic mass is 10.0. The molecule has 6 heteroatoms. The molecule has 2 atom stereocenters. The number of carbonyl (C=O) groups is 2. The van der Waals surface area contributed by atoms with E-state index < -0.39 is 24.0 Å². The van der Waals surface area contributed by atoms with Crippen LogP contribution >= 0.6 is 0 Å². The van der Waals surface area contributed by atoms with Crippen molar-refractivity contribution in [3.63, 3.8) is 0 Å². The summed E-state index contributed by atoms with van der Waals surface area (Å²) in [6.07, 6.45) is 1.75. The summed E-state index contributed by atoms with van der Waals surface area (Å²) in [5, 5.41) is 16.9. The maximum absolute atomic E-state index is 10.5. The maximum Gasteiger partial charge on any atom is 0.320 e. The normalized spacial score (nSPS) is 13.0. The summed E-state index contributed by atoms with van der Waals surface area (Å²) in [6.45, 7) is 8.00. The molecule has 0 amide bonds. The quantitative estimate of drug-likeness (QED) is 0.603. The van der Waals surface area contributed by atoms with Crippen LogP contribution in [0.2, 0.25) is 0 Å². The Morgan fingerprint density at radius 1 is 1.00 bits per heavy atom. The van der Waals surface area contributed by atoms with E-state index in [2.05, 4.69) is 26.0 Å². The van der Waals surface area contributed by atoms with Crippen LogP contribution in [0.1, 0.15) is 43.4 Å². The lowest BCUT2D eigenvalue weighted by molar-refractivity contribution is -0.139. The molecule has 0 heterocycles. The van der Waals surface area contributed by atoms with Gasteiger partial charge in [-0.3, -0.25) is 9.59 Å². The number of carboxylic acids is 2. The molecule has 0 fully saturated rings. The molecule has 0 bridgehead atoms. The van der Waals surface area contributed by atoms with Crippen LogP contribution in [-0.4, -0.2) is 34.2 Å². The summed E-state index contributed by atoms with van der Waals surface area (Å²) in [5.41, 5.74) is 14.3. The van der Waals surface area contributed by atoms with Gasteiger partial charge in [0.05, 0.1) is 0 Å². The van der Waals surface area contributed by atoms with Gasteiger partial charge in [0.15, 0.2) is 0 Å². The first-order valence-electron chi connectivity index (χ1n) is 8.07. The topological polar surface area (TPSA) is 127 Å². The molecule has 0 saturated carbocycles. The van der Waals surface area contributed by atoms with Crippen molar-refractivity contribution in [2.75, 3.05) is 0 Å². The molecule has 0 aliphatic heterocycles. The average Bonchev–Trinajstić information content (AvgIpc) is 2.47. The highest BCUT2D eigenvalue weighted by molar-refractivity contribution is 5.73. The van der Waals surface area contributed by atoms with E-state index in [9.17, 15) is 9.59 Å². The fraction of sp³-hybridized carbons (Fsp3) is 0.556. The van der Waals surface area contributed by atoms with E-state index in [1.54, 1.807) is 0 Å². The zero-order valence-corrected chi connectivity index (χ0v) is 15.0. The smallest absolute Gasteiger partial charge is 0.320 e. The Morgan fingerprint density at radius 2 is 1.54 bits per heavy atom. The molecule has 136 valence electrons. The molecule has 1 rings (SSSR count). The average molecular weight is 338 g/mol. The van der Waals surface area contributed by atoms with Crippen LogP contribution in [0.3, 0.4) is 0 Å². The predicted octanol–water partition coefficient (Wildman–Crippen LogP) is 2.09. The van der Waals surface area contributed by atoms with Crippen LogP contribution < -0.4 is 11.5 Å². The van der Waals surface area contributed by atoms with Crippen LogP contribution in [0.25, 0.3) is 0 Å². The van der Waals surface area contributed by atoms with Crippen molar-refractivity contribution >= 4 is 11.9 Å². The van der Waals surface area contributed by atoms with E-state index in [1.165, 1.54) is 11.1 Å². The second kappa shape index (κ2) is 10.8.